The third kappa shape index (κ3) is 6.39. The van der Waals surface area contributed by atoms with E-state index in [0.717, 1.165) is 6.92 Å². The van der Waals surface area contributed by atoms with Crippen LogP contribution >= 0.6 is 0 Å². The Morgan fingerprint density at radius 3 is 2.48 bits per heavy atom. The van der Waals surface area contributed by atoms with E-state index in [1.165, 1.54) is 12.4 Å². The number of alkyl halides is 2. The smallest absolute Gasteiger partial charge is 0.278 e. The number of ether oxygens (including phenoxy) is 1. The van der Waals surface area contributed by atoms with Crippen LogP contribution in [0.25, 0.3) is 0 Å². The minimum atomic E-state index is -2.89. The number of aryl methyl sites for hydroxylation is 1. The summed E-state index contributed by atoms with van der Waals surface area (Å²) in [4.78, 5) is 4.04. The zero-order valence-corrected chi connectivity index (χ0v) is 13.6. The fourth-order valence-electron chi connectivity index (χ4n) is 1.25. The fourth-order valence-corrected chi connectivity index (χ4v) is 1.77. The lowest BCUT2D eigenvalue weighted by Gasteiger charge is -2.17. The van der Waals surface area contributed by atoms with Gasteiger partial charge in [-0.05, 0) is 39.3 Å². The monoisotopic (exact) mass is 318 g/mol. The minimum Gasteiger partial charge on any atom is -0.591 e. The van der Waals surface area contributed by atoms with Crippen LogP contribution in [-0.4, -0.2) is 33.0 Å². The van der Waals surface area contributed by atoms with Crippen LogP contribution in [0.4, 0.5) is 8.78 Å². The third-order valence-corrected chi connectivity index (χ3v) is 3.71. The highest BCUT2D eigenvalue weighted by atomic mass is 32.2. The molecule has 0 radical (unpaired) electrons. The van der Waals surface area contributed by atoms with E-state index < -0.39 is 28.6 Å². The molecule has 1 aromatic rings. The zero-order chi connectivity index (χ0) is 16.3. The summed E-state index contributed by atoms with van der Waals surface area (Å²) in [7, 11) is 0. The molecule has 1 aromatic heterocycles. The maximum absolute atomic E-state index is 12.7. The van der Waals surface area contributed by atoms with Crippen LogP contribution in [0, 0.1) is 6.92 Å². The molecule has 1 heterocycles. The molecular weight excluding hydrogens is 298 g/mol. The Bertz CT molecular complexity index is 511. The summed E-state index contributed by atoms with van der Waals surface area (Å²) < 4.78 is 45.8. The van der Waals surface area contributed by atoms with Gasteiger partial charge in [0, 0.05) is 6.92 Å². The number of rotatable bonds is 5. The number of hydrogen-bond acceptors (Lipinski definition) is 4. The lowest BCUT2D eigenvalue weighted by atomic mass is 10.2. The van der Waals surface area contributed by atoms with Crippen molar-refractivity contribution in [1.29, 1.82) is 0 Å². The molecule has 0 fully saturated rings. The highest BCUT2D eigenvalue weighted by Gasteiger charge is 2.26. The largest absolute Gasteiger partial charge is 0.591 e. The van der Waals surface area contributed by atoms with Crippen LogP contribution in [0.2, 0.25) is 0 Å². The summed E-state index contributed by atoms with van der Waals surface area (Å²) in [6.45, 7) is 7.28. The lowest BCUT2D eigenvalue weighted by molar-refractivity contribution is -0.0232. The molecule has 118 valence electrons. The predicted octanol–water partition coefficient (Wildman–Crippen LogP) is 3.31. The van der Waals surface area contributed by atoms with Crippen molar-refractivity contribution in [2.45, 2.75) is 45.3 Å². The standard InChI is InChI=1S/C14H20F2N2O2S/c1-10-6-11(7-18-21(19)13(2,3)4)17-8-12(10)20-9-14(5,15)16/h6-8H,9H2,1-5H3/b18-7+/t21-/m1/s1. The topological polar surface area (TPSA) is 57.5 Å². The maximum atomic E-state index is 12.7. The molecule has 0 aliphatic rings. The van der Waals surface area contributed by atoms with Crippen molar-refractivity contribution in [3.63, 3.8) is 0 Å². The van der Waals surface area contributed by atoms with Gasteiger partial charge in [0.05, 0.1) is 11.9 Å². The summed E-state index contributed by atoms with van der Waals surface area (Å²) in [6, 6.07) is 1.65. The van der Waals surface area contributed by atoms with Crippen molar-refractivity contribution in [2.75, 3.05) is 6.61 Å². The van der Waals surface area contributed by atoms with E-state index in [1.54, 1.807) is 13.0 Å². The van der Waals surface area contributed by atoms with Gasteiger partial charge < -0.3 is 9.29 Å². The van der Waals surface area contributed by atoms with Gasteiger partial charge in [0.15, 0.2) is 6.61 Å². The Balaban J connectivity index is 2.77. The Morgan fingerprint density at radius 2 is 2.00 bits per heavy atom. The molecule has 0 saturated carbocycles. The molecule has 0 bridgehead atoms. The van der Waals surface area contributed by atoms with E-state index in [4.69, 9.17) is 4.74 Å². The van der Waals surface area contributed by atoms with Crippen molar-refractivity contribution in [2.24, 2.45) is 4.40 Å². The SMILES string of the molecule is Cc1cc(/C=N/[S@+]([O-])C(C)(C)C)ncc1OCC(C)(F)F. The molecule has 0 N–H and O–H groups in total. The first-order valence-corrected chi connectivity index (χ1v) is 7.53. The van der Waals surface area contributed by atoms with Gasteiger partial charge in [0.2, 0.25) is 0 Å². The van der Waals surface area contributed by atoms with Crippen molar-refractivity contribution in [3.8, 4) is 5.75 Å². The van der Waals surface area contributed by atoms with Crippen molar-refractivity contribution in [1.82, 2.24) is 4.98 Å². The van der Waals surface area contributed by atoms with Gasteiger partial charge >= 0.3 is 0 Å². The molecule has 4 nitrogen and oxygen atoms in total. The zero-order valence-electron chi connectivity index (χ0n) is 12.8. The summed E-state index contributed by atoms with van der Waals surface area (Å²) in [5.74, 6) is -2.60. The molecule has 1 atom stereocenters. The number of pyridine rings is 1. The Hall–Kier alpha value is -1.21. The molecule has 21 heavy (non-hydrogen) atoms. The van der Waals surface area contributed by atoms with Crippen LogP contribution in [-0.2, 0) is 11.4 Å². The molecule has 0 aromatic carbocycles. The number of hydrogen-bond donors (Lipinski definition) is 0. The second kappa shape index (κ2) is 6.70. The second-order valence-corrected chi connectivity index (χ2v) is 7.76. The van der Waals surface area contributed by atoms with E-state index in [1.807, 2.05) is 20.8 Å². The summed E-state index contributed by atoms with van der Waals surface area (Å²) in [5.41, 5.74) is 1.16. The number of nitrogens with zero attached hydrogens (tertiary/aromatic N) is 2. The highest BCUT2D eigenvalue weighted by molar-refractivity contribution is 7.91. The van der Waals surface area contributed by atoms with Crippen LogP contribution < -0.4 is 4.74 Å². The lowest BCUT2D eigenvalue weighted by Crippen LogP contribution is -2.25. The van der Waals surface area contributed by atoms with Gasteiger partial charge in [0.25, 0.3) is 5.92 Å². The number of aromatic nitrogens is 1. The minimum absolute atomic E-state index is 0.297. The average molecular weight is 318 g/mol. The van der Waals surface area contributed by atoms with E-state index in [0.29, 0.717) is 17.0 Å². The first kappa shape index (κ1) is 17.8. The van der Waals surface area contributed by atoms with Gasteiger partial charge in [-0.1, -0.05) is 4.40 Å². The van der Waals surface area contributed by atoms with E-state index in [-0.39, 0.29) is 0 Å². The normalized spacial score (nSPS) is 14.5. The molecule has 1 rings (SSSR count). The number of halogens is 2. The van der Waals surface area contributed by atoms with Gasteiger partial charge in [-0.2, -0.15) is 0 Å². The van der Waals surface area contributed by atoms with Crippen LogP contribution in [0.3, 0.4) is 0 Å². The van der Waals surface area contributed by atoms with E-state index in [9.17, 15) is 13.3 Å². The van der Waals surface area contributed by atoms with Crippen LogP contribution in [0.15, 0.2) is 16.7 Å². The molecule has 0 saturated heterocycles. The van der Waals surface area contributed by atoms with Crippen molar-refractivity contribution < 1.29 is 18.1 Å². The van der Waals surface area contributed by atoms with E-state index >= 15 is 0 Å². The summed E-state index contributed by atoms with van der Waals surface area (Å²) in [5, 5.41) is 0. The highest BCUT2D eigenvalue weighted by Crippen LogP contribution is 2.21. The molecule has 0 unspecified atom stereocenters. The Kier molecular flexibility index (Phi) is 5.69. The summed E-state index contributed by atoms with van der Waals surface area (Å²) >= 11 is -1.37. The van der Waals surface area contributed by atoms with Crippen molar-refractivity contribution in [3.05, 3.63) is 23.5 Å². The molecule has 7 heteroatoms. The van der Waals surface area contributed by atoms with Crippen LogP contribution in [0.1, 0.15) is 39.0 Å². The van der Waals surface area contributed by atoms with Crippen LogP contribution in [0.5, 0.6) is 5.75 Å². The van der Waals surface area contributed by atoms with Gasteiger partial charge in [0.1, 0.15) is 28.1 Å². The third-order valence-electron chi connectivity index (χ3n) is 2.37. The average Bonchev–Trinajstić information content (AvgIpc) is 2.32. The second-order valence-electron chi connectivity index (χ2n) is 5.83. The fraction of sp³-hybridized carbons (Fsp3) is 0.571. The first-order valence-electron chi connectivity index (χ1n) is 6.42. The van der Waals surface area contributed by atoms with Gasteiger partial charge in [-0.15, -0.1) is 0 Å². The Labute approximate surface area is 127 Å². The van der Waals surface area contributed by atoms with Gasteiger partial charge in [-0.3, -0.25) is 4.98 Å². The molecule has 0 aliphatic carbocycles. The molecule has 0 amide bonds. The first-order chi connectivity index (χ1) is 9.49. The molecule has 0 spiro atoms. The predicted molar refractivity (Wildman–Crippen MR) is 80.6 cm³/mol. The molecular formula is C14H20F2N2O2S. The molecule has 0 aliphatic heterocycles. The quantitative estimate of drug-likeness (QED) is 0.618. The maximum Gasteiger partial charge on any atom is 0.278 e. The summed E-state index contributed by atoms with van der Waals surface area (Å²) in [6.07, 6.45) is 2.77. The van der Waals surface area contributed by atoms with Gasteiger partial charge in [-0.25, -0.2) is 8.78 Å². The Morgan fingerprint density at radius 1 is 1.38 bits per heavy atom. The van der Waals surface area contributed by atoms with Crippen molar-refractivity contribution >= 4 is 17.6 Å². The van der Waals surface area contributed by atoms with E-state index in [2.05, 4.69) is 9.38 Å².